The minimum Gasteiger partial charge on any atom is -0.452 e. The predicted molar refractivity (Wildman–Crippen MR) is 116 cm³/mol. The summed E-state index contributed by atoms with van der Waals surface area (Å²) in [5.74, 6) is -1.23. The number of rotatable bonds is 6. The number of hydrogen-bond donors (Lipinski definition) is 1. The number of sulfonamides is 1. The van der Waals surface area contributed by atoms with Crippen LogP contribution in [-0.4, -0.2) is 58.1 Å². The molecule has 0 radical (unpaired) electrons. The summed E-state index contributed by atoms with van der Waals surface area (Å²) < 4.78 is 38.1. The lowest BCUT2D eigenvalue weighted by Gasteiger charge is -2.26. The van der Waals surface area contributed by atoms with Crippen LogP contribution < -0.4 is 4.72 Å². The lowest BCUT2D eigenvalue weighted by molar-refractivity contribution is -0.138. The molecule has 0 aliphatic carbocycles. The van der Waals surface area contributed by atoms with Crippen molar-refractivity contribution in [3.05, 3.63) is 57.0 Å². The van der Waals surface area contributed by atoms with Gasteiger partial charge in [-0.25, -0.2) is 13.2 Å². The largest absolute Gasteiger partial charge is 0.452 e. The molecule has 12 heteroatoms. The van der Waals surface area contributed by atoms with Gasteiger partial charge in [-0.1, -0.05) is 34.8 Å². The van der Waals surface area contributed by atoms with Crippen molar-refractivity contribution < 1.29 is 27.5 Å². The number of hydrogen-bond acceptors (Lipinski definition) is 6. The highest BCUT2D eigenvalue weighted by atomic mass is 35.5. The Hall–Kier alpha value is -2.04. The highest BCUT2D eigenvalue weighted by molar-refractivity contribution is 7.92. The summed E-state index contributed by atoms with van der Waals surface area (Å²) >= 11 is 17.9. The molecule has 0 saturated carbocycles. The zero-order valence-corrected chi connectivity index (χ0v) is 19.0. The molecular weight excluding hydrogens is 491 g/mol. The average Bonchev–Trinajstić information content (AvgIpc) is 2.75. The average molecular weight is 508 g/mol. The Morgan fingerprint density at radius 1 is 1.03 bits per heavy atom. The van der Waals surface area contributed by atoms with E-state index in [9.17, 15) is 18.0 Å². The molecule has 2 aromatic rings. The van der Waals surface area contributed by atoms with Crippen LogP contribution in [0.5, 0.6) is 0 Å². The molecule has 1 N–H and O–H groups in total. The zero-order valence-electron chi connectivity index (χ0n) is 15.9. The Balaban J connectivity index is 1.75. The lowest BCUT2D eigenvalue weighted by Crippen LogP contribution is -2.42. The van der Waals surface area contributed by atoms with Gasteiger partial charge < -0.3 is 14.4 Å². The van der Waals surface area contributed by atoms with E-state index in [2.05, 4.69) is 4.72 Å². The summed E-state index contributed by atoms with van der Waals surface area (Å²) in [6.07, 6.45) is 0. The molecule has 8 nitrogen and oxygen atoms in total. The molecule has 0 aromatic heterocycles. The van der Waals surface area contributed by atoms with E-state index < -0.39 is 22.6 Å². The third kappa shape index (κ3) is 6.02. The number of amides is 1. The van der Waals surface area contributed by atoms with Crippen molar-refractivity contribution in [3.8, 4) is 0 Å². The minimum atomic E-state index is -4.21. The van der Waals surface area contributed by atoms with Crippen LogP contribution in [0, 0.1) is 0 Å². The molecule has 0 unspecified atom stereocenters. The highest BCUT2D eigenvalue weighted by Crippen LogP contribution is 2.30. The number of nitrogens with zero attached hydrogens (tertiary/aromatic N) is 1. The fourth-order valence-electron chi connectivity index (χ4n) is 2.73. The van der Waals surface area contributed by atoms with Crippen LogP contribution in [0.3, 0.4) is 0 Å². The molecule has 3 rings (SSSR count). The second-order valence-corrected chi connectivity index (χ2v) is 9.35. The van der Waals surface area contributed by atoms with Crippen molar-refractivity contribution in [2.75, 3.05) is 37.6 Å². The third-order valence-electron chi connectivity index (χ3n) is 4.32. The van der Waals surface area contributed by atoms with Crippen molar-refractivity contribution >= 4 is 62.4 Å². The molecule has 2 aromatic carbocycles. The maximum atomic E-state index is 12.8. The monoisotopic (exact) mass is 506 g/mol. The molecule has 1 heterocycles. The van der Waals surface area contributed by atoms with Crippen molar-refractivity contribution in [3.63, 3.8) is 0 Å². The van der Waals surface area contributed by atoms with E-state index in [1.54, 1.807) is 0 Å². The Morgan fingerprint density at radius 3 is 2.42 bits per heavy atom. The number of ether oxygens (including phenoxy) is 2. The summed E-state index contributed by atoms with van der Waals surface area (Å²) in [4.78, 5) is 25.6. The van der Waals surface area contributed by atoms with Crippen molar-refractivity contribution in [1.29, 1.82) is 0 Å². The van der Waals surface area contributed by atoms with Gasteiger partial charge in [0.2, 0.25) is 0 Å². The number of carbonyl (C=O) groups excluding carboxylic acids is 2. The molecule has 0 spiro atoms. The van der Waals surface area contributed by atoms with Gasteiger partial charge in [0.15, 0.2) is 6.61 Å². The van der Waals surface area contributed by atoms with Gasteiger partial charge in [-0.15, -0.1) is 0 Å². The van der Waals surface area contributed by atoms with E-state index in [1.165, 1.54) is 35.2 Å². The van der Waals surface area contributed by atoms with E-state index in [0.29, 0.717) is 26.3 Å². The first-order valence-electron chi connectivity index (χ1n) is 8.97. The van der Waals surface area contributed by atoms with Crippen LogP contribution in [0.15, 0.2) is 41.3 Å². The first kappa shape index (κ1) is 23.6. The Kier molecular flexibility index (Phi) is 7.66. The Bertz CT molecular complexity index is 1100. The van der Waals surface area contributed by atoms with Gasteiger partial charge in [0.25, 0.3) is 15.9 Å². The molecule has 1 aliphatic heterocycles. The molecule has 0 atom stereocenters. The van der Waals surface area contributed by atoms with E-state index in [0.717, 1.165) is 6.07 Å². The number of carbonyl (C=O) groups is 2. The summed E-state index contributed by atoms with van der Waals surface area (Å²) in [7, 11) is -4.21. The molecule has 1 amide bonds. The van der Waals surface area contributed by atoms with Gasteiger partial charge >= 0.3 is 5.97 Å². The van der Waals surface area contributed by atoms with Crippen LogP contribution in [0.2, 0.25) is 15.1 Å². The number of nitrogens with one attached hydrogen (secondary N) is 1. The summed E-state index contributed by atoms with van der Waals surface area (Å²) in [5, 5.41) is 0.281. The smallest absolute Gasteiger partial charge is 0.338 e. The van der Waals surface area contributed by atoms with Gasteiger partial charge in [-0.05, 0) is 36.4 Å². The number of anilines is 1. The second kappa shape index (κ2) is 10.1. The second-order valence-electron chi connectivity index (χ2n) is 6.44. The predicted octanol–water partition coefficient (Wildman–Crippen LogP) is 3.46. The molecule has 31 heavy (non-hydrogen) atoms. The van der Waals surface area contributed by atoms with Gasteiger partial charge in [0.05, 0.1) is 34.5 Å². The lowest BCUT2D eigenvalue weighted by atomic mass is 10.2. The minimum absolute atomic E-state index is 0.0503. The maximum absolute atomic E-state index is 12.8. The van der Waals surface area contributed by atoms with Gasteiger partial charge in [0.1, 0.15) is 4.90 Å². The van der Waals surface area contributed by atoms with E-state index in [1.807, 2.05) is 0 Å². The maximum Gasteiger partial charge on any atom is 0.338 e. The number of morpholine rings is 1. The highest BCUT2D eigenvalue weighted by Gasteiger charge is 2.23. The van der Waals surface area contributed by atoms with Crippen molar-refractivity contribution in [2.24, 2.45) is 0 Å². The molecule has 1 fully saturated rings. The molecule has 166 valence electrons. The SMILES string of the molecule is O=C(OCC(=O)N1CCOCC1)c1ccc(Cl)c(S(=O)(=O)Nc2cc(Cl)ccc2Cl)c1. The van der Waals surface area contributed by atoms with Gasteiger partial charge in [0, 0.05) is 18.1 Å². The van der Waals surface area contributed by atoms with E-state index in [4.69, 9.17) is 44.3 Å². The molecular formula is C19H17Cl3N2O6S. The molecule has 1 aliphatic rings. The number of halogens is 3. The van der Waals surface area contributed by atoms with E-state index >= 15 is 0 Å². The Morgan fingerprint density at radius 2 is 1.71 bits per heavy atom. The first-order chi connectivity index (χ1) is 14.7. The number of esters is 1. The van der Waals surface area contributed by atoms with Crippen LogP contribution >= 0.6 is 34.8 Å². The van der Waals surface area contributed by atoms with Crippen LogP contribution in [0.25, 0.3) is 0 Å². The summed E-state index contributed by atoms with van der Waals surface area (Å²) in [5.41, 5.74) is -0.0361. The zero-order chi connectivity index (χ0) is 22.6. The summed E-state index contributed by atoms with van der Waals surface area (Å²) in [6, 6.07) is 7.88. The van der Waals surface area contributed by atoms with E-state index in [-0.39, 0.29) is 37.1 Å². The van der Waals surface area contributed by atoms with Gasteiger partial charge in [-0.2, -0.15) is 0 Å². The molecule has 0 bridgehead atoms. The normalized spacial score (nSPS) is 14.2. The van der Waals surface area contributed by atoms with Crippen LogP contribution in [0.4, 0.5) is 5.69 Å². The summed E-state index contributed by atoms with van der Waals surface area (Å²) in [6.45, 7) is 1.19. The van der Waals surface area contributed by atoms with Crippen molar-refractivity contribution in [1.82, 2.24) is 4.90 Å². The third-order valence-corrected chi connectivity index (χ3v) is 6.73. The topological polar surface area (TPSA) is 102 Å². The van der Waals surface area contributed by atoms with Crippen LogP contribution in [-0.2, 0) is 24.3 Å². The quantitative estimate of drug-likeness (QED) is 0.601. The van der Waals surface area contributed by atoms with Crippen LogP contribution in [0.1, 0.15) is 10.4 Å². The fourth-order valence-corrected chi connectivity index (χ4v) is 4.72. The Labute approximate surface area is 194 Å². The van der Waals surface area contributed by atoms with Crippen molar-refractivity contribution in [2.45, 2.75) is 4.90 Å². The van der Waals surface area contributed by atoms with Gasteiger partial charge in [-0.3, -0.25) is 9.52 Å². The first-order valence-corrected chi connectivity index (χ1v) is 11.6. The number of benzene rings is 2. The fraction of sp³-hybridized carbons (Fsp3) is 0.263. The molecule has 1 saturated heterocycles. The standard InChI is InChI=1S/C19H17Cl3N2O6S/c20-13-2-4-14(21)16(10-13)23-31(27,28)17-9-12(1-3-15(17)22)19(26)30-11-18(25)24-5-7-29-8-6-24/h1-4,9-10,23H,5-8,11H2.